The van der Waals surface area contributed by atoms with Gasteiger partial charge in [0.25, 0.3) is 0 Å². The number of carbonyl (C=O) groups is 4. The van der Waals surface area contributed by atoms with Crippen LogP contribution in [0, 0.1) is 5.41 Å². The predicted molar refractivity (Wildman–Crippen MR) is 190 cm³/mol. The summed E-state index contributed by atoms with van der Waals surface area (Å²) in [7, 11) is 0. The SMILES string of the molecule is N=C(N)Nc1ccc(CNC(=O)N2CCN(C(=O)O[C@H]3CCC[C@@H](OC(=O)N4CCN(C(=O)NCCCCCCN)CC4)CCC3)CC2)cc1. The standard InChI is InChI=1S/C34H56N10O6/c35-15-3-1-2-4-16-38-31(45)41-17-21-43(22-18-41)33(47)49-28-7-5-9-29(10-6-8-28)50-34(48)44-23-19-42(20-24-44)32(46)39-25-26-11-13-27(14-12-26)40-30(36)37/h11-14,28-29H,1-10,15-25,35H2,(H,38,45)(H,39,46)(H4,36,37,40)/t28-,29+. The lowest BCUT2D eigenvalue weighted by atomic mass is 9.96. The smallest absolute Gasteiger partial charge is 0.410 e. The summed E-state index contributed by atoms with van der Waals surface area (Å²) in [6.07, 6.45) is 7.40. The number of urea groups is 2. The molecule has 0 aromatic heterocycles. The highest BCUT2D eigenvalue weighted by Crippen LogP contribution is 2.24. The van der Waals surface area contributed by atoms with Crippen molar-refractivity contribution in [1.29, 1.82) is 5.41 Å². The number of piperazine rings is 2. The normalized spacial score (nSPS) is 19.9. The second-order valence-electron chi connectivity index (χ2n) is 13.2. The van der Waals surface area contributed by atoms with Crippen molar-refractivity contribution in [2.45, 2.75) is 83.0 Å². The van der Waals surface area contributed by atoms with Gasteiger partial charge in [0.2, 0.25) is 0 Å². The van der Waals surface area contributed by atoms with Crippen LogP contribution in [0.4, 0.5) is 24.9 Å². The summed E-state index contributed by atoms with van der Waals surface area (Å²) in [4.78, 5) is 57.8. The molecule has 0 unspecified atom stereocenters. The molecule has 16 heteroatoms. The summed E-state index contributed by atoms with van der Waals surface area (Å²) in [5.74, 6) is -0.139. The number of ether oxygens (including phenoxy) is 2. The minimum Gasteiger partial charge on any atom is -0.446 e. The van der Waals surface area contributed by atoms with Crippen molar-refractivity contribution in [3.63, 3.8) is 0 Å². The molecule has 3 aliphatic rings. The Labute approximate surface area is 295 Å². The quantitative estimate of drug-likeness (QED) is 0.114. The van der Waals surface area contributed by atoms with Crippen LogP contribution >= 0.6 is 0 Å². The van der Waals surface area contributed by atoms with E-state index in [1.54, 1.807) is 31.7 Å². The Balaban J connectivity index is 1.07. The first-order chi connectivity index (χ1) is 24.2. The molecule has 2 saturated heterocycles. The number of rotatable bonds is 11. The zero-order valence-corrected chi connectivity index (χ0v) is 29.2. The molecular formula is C34H56N10O6. The highest BCUT2D eigenvalue weighted by atomic mass is 16.6. The third-order valence-corrected chi connectivity index (χ3v) is 9.37. The summed E-state index contributed by atoms with van der Waals surface area (Å²) in [6, 6.07) is 7.01. The highest BCUT2D eigenvalue weighted by Gasteiger charge is 2.30. The van der Waals surface area contributed by atoms with Gasteiger partial charge in [0.15, 0.2) is 5.96 Å². The Morgan fingerprint density at radius 3 is 1.62 bits per heavy atom. The van der Waals surface area contributed by atoms with Crippen molar-refractivity contribution >= 4 is 35.9 Å². The second-order valence-corrected chi connectivity index (χ2v) is 13.2. The fourth-order valence-electron chi connectivity index (χ4n) is 6.37. The van der Waals surface area contributed by atoms with Gasteiger partial charge >= 0.3 is 24.2 Å². The molecule has 4 rings (SSSR count). The van der Waals surface area contributed by atoms with Gasteiger partial charge in [-0.3, -0.25) is 5.41 Å². The van der Waals surface area contributed by atoms with E-state index in [1.165, 1.54) is 0 Å². The van der Waals surface area contributed by atoms with E-state index in [1.807, 2.05) is 12.1 Å². The molecule has 0 bridgehead atoms. The minimum absolute atomic E-state index is 0.0854. The molecule has 1 aromatic carbocycles. The molecule has 0 radical (unpaired) electrons. The van der Waals surface area contributed by atoms with Crippen LogP contribution in [0.15, 0.2) is 24.3 Å². The molecule has 3 fully saturated rings. The molecule has 1 saturated carbocycles. The van der Waals surface area contributed by atoms with Gasteiger partial charge in [-0.1, -0.05) is 25.0 Å². The molecule has 1 aliphatic carbocycles. The van der Waals surface area contributed by atoms with Gasteiger partial charge in [-0.25, -0.2) is 19.2 Å². The molecule has 2 aliphatic heterocycles. The van der Waals surface area contributed by atoms with Crippen LogP contribution in [0.2, 0.25) is 0 Å². The Morgan fingerprint density at radius 1 is 0.680 bits per heavy atom. The van der Waals surface area contributed by atoms with Gasteiger partial charge in [-0.05, 0) is 75.6 Å². The Morgan fingerprint density at radius 2 is 1.14 bits per heavy atom. The van der Waals surface area contributed by atoms with E-state index in [0.29, 0.717) is 103 Å². The first-order valence-electron chi connectivity index (χ1n) is 18.1. The summed E-state index contributed by atoms with van der Waals surface area (Å²) >= 11 is 0. The molecule has 50 heavy (non-hydrogen) atoms. The van der Waals surface area contributed by atoms with E-state index < -0.39 is 0 Å². The fraction of sp³-hybridized carbons (Fsp3) is 0.676. The molecular weight excluding hydrogens is 644 g/mol. The summed E-state index contributed by atoms with van der Waals surface area (Å²) < 4.78 is 11.7. The first-order valence-corrected chi connectivity index (χ1v) is 18.1. The van der Waals surface area contributed by atoms with Crippen LogP contribution in [0.1, 0.15) is 69.8 Å². The summed E-state index contributed by atoms with van der Waals surface area (Å²) in [5, 5.41) is 15.9. The van der Waals surface area contributed by atoms with Crippen molar-refractivity contribution in [2.75, 3.05) is 70.8 Å². The zero-order chi connectivity index (χ0) is 35.7. The van der Waals surface area contributed by atoms with Crippen molar-refractivity contribution in [2.24, 2.45) is 11.5 Å². The van der Waals surface area contributed by atoms with Crippen LogP contribution in [0.25, 0.3) is 0 Å². The summed E-state index contributed by atoms with van der Waals surface area (Å²) in [6.45, 7) is 5.18. The molecule has 8 N–H and O–H groups in total. The van der Waals surface area contributed by atoms with E-state index >= 15 is 0 Å². The molecule has 1 aromatic rings. The number of hydrogen-bond donors (Lipinski definition) is 6. The number of nitrogens with two attached hydrogens (primary N) is 2. The fourth-order valence-corrected chi connectivity index (χ4v) is 6.37. The van der Waals surface area contributed by atoms with Crippen LogP contribution in [0.3, 0.4) is 0 Å². The van der Waals surface area contributed by atoms with Gasteiger partial charge in [-0.15, -0.1) is 0 Å². The molecule has 16 nitrogen and oxygen atoms in total. The lowest BCUT2D eigenvalue weighted by Gasteiger charge is -2.36. The van der Waals surface area contributed by atoms with E-state index in [-0.39, 0.29) is 42.4 Å². The number of guanidine groups is 1. The first kappa shape index (κ1) is 38.3. The minimum atomic E-state index is -0.354. The Bertz CT molecular complexity index is 1240. The van der Waals surface area contributed by atoms with Crippen LogP contribution in [-0.4, -0.2) is 127 Å². The predicted octanol–water partition coefficient (Wildman–Crippen LogP) is 3.03. The monoisotopic (exact) mass is 700 g/mol. The van der Waals surface area contributed by atoms with E-state index in [0.717, 1.165) is 44.1 Å². The van der Waals surface area contributed by atoms with Crippen molar-refractivity contribution in [3.8, 4) is 0 Å². The molecule has 2 heterocycles. The number of benzene rings is 1. The van der Waals surface area contributed by atoms with Crippen LogP contribution < -0.4 is 27.4 Å². The number of nitrogens with one attached hydrogen (secondary N) is 4. The Kier molecular flexibility index (Phi) is 15.5. The van der Waals surface area contributed by atoms with Gasteiger partial charge in [0.1, 0.15) is 12.2 Å². The number of amides is 6. The molecule has 6 amide bonds. The maximum Gasteiger partial charge on any atom is 0.410 e. The van der Waals surface area contributed by atoms with Crippen molar-refractivity contribution in [1.82, 2.24) is 30.2 Å². The highest BCUT2D eigenvalue weighted by molar-refractivity contribution is 5.89. The lowest BCUT2D eigenvalue weighted by Crippen LogP contribution is -2.53. The maximum atomic E-state index is 12.9. The largest absolute Gasteiger partial charge is 0.446 e. The summed E-state index contributed by atoms with van der Waals surface area (Å²) in [5.41, 5.74) is 12.5. The topological polar surface area (TPSA) is 212 Å². The average Bonchev–Trinajstić information content (AvgIpc) is 3.11. The van der Waals surface area contributed by atoms with E-state index in [4.69, 9.17) is 26.4 Å². The van der Waals surface area contributed by atoms with Crippen molar-refractivity contribution in [3.05, 3.63) is 29.8 Å². The third-order valence-electron chi connectivity index (χ3n) is 9.37. The van der Waals surface area contributed by atoms with E-state index in [2.05, 4.69) is 16.0 Å². The van der Waals surface area contributed by atoms with E-state index in [9.17, 15) is 19.2 Å². The number of nitrogens with zero attached hydrogens (tertiary/aromatic N) is 4. The number of hydrogen-bond acceptors (Lipinski definition) is 8. The molecule has 278 valence electrons. The number of unbranched alkanes of at least 4 members (excludes halogenated alkanes) is 3. The van der Waals surface area contributed by atoms with Crippen molar-refractivity contribution < 1.29 is 28.7 Å². The van der Waals surface area contributed by atoms with Gasteiger partial charge in [0, 0.05) is 71.1 Å². The third kappa shape index (κ3) is 12.8. The molecule has 0 spiro atoms. The van der Waals surface area contributed by atoms with Crippen LogP contribution in [0.5, 0.6) is 0 Å². The number of anilines is 1. The second kappa shape index (κ2) is 20.3. The Hall–Kier alpha value is -4.47. The van der Waals surface area contributed by atoms with Gasteiger partial charge < -0.3 is 56.5 Å². The zero-order valence-electron chi connectivity index (χ0n) is 29.2. The number of carbonyl (C=O) groups excluding carboxylic acids is 4. The van der Waals surface area contributed by atoms with Crippen LogP contribution in [-0.2, 0) is 16.0 Å². The average molecular weight is 701 g/mol. The lowest BCUT2D eigenvalue weighted by molar-refractivity contribution is 0.0197. The maximum absolute atomic E-state index is 12.9. The van der Waals surface area contributed by atoms with Gasteiger partial charge in [-0.2, -0.15) is 0 Å². The molecule has 0 atom stereocenters. The van der Waals surface area contributed by atoms with Gasteiger partial charge in [0.05, 0.1) is 0 Å².